The van der Waals surface area contributed by atoms with Crippen LogP contribution in [0.3, 0.4) is 0 Å². The first-order valence-corrected chi connectivity index (χ1v) is 7.15. The summed E-state index contributed by atoms with van der Waals surface area (Å²) in [6, 6.07) is 8.53. The number of carbonyl (C=O) groups excluding carboxylic acids is 1. The minimum Gasteiger partial charge on any atom is -0.350 e. The summed E-state index contributed by atoms with van der Waals surface area (Å²) < 4.78 is 10.7. The van der Waals surface area contributed by atoms with Gasteiger partial charge in [0, 0.05) is 6.42 Å². The van der Waals surface area contributed by atoms with Crippen molar-refractivity contribution in [1.29, 1.82) is 0 Å². The van der Waals surface area contributed by atoms with Crippen LogP contribution >= 0.6 is 0 Å². The highest BCUT2D eigenvalue weighted by molar-refractivity contribution is 5.79. The van der Waals surface area contributed by atoms with Crippen LogP contribution in [0.15, 0.2) is 24.3 Å². The number of hydrogen-bond donors (Lipinski definition) is 0. The van der Waals surface area contributed by atoms with Gasteiger partial charge in [0.2, 0.25) is 0 Å². The Kier molecular flexibility index (Phi) is 3.95. The van der Waals surface area contributed by atoms with Gasteiger partial charge in [0.1, 0.15) is 5.78 Å². The molecule has 0 N–H and O–H groups in total. The Balaban J connectivity index is 1.62. The number of carbonyl (C=O) groups is 1. The Bertz CT molecular complexity index is 449. The summed E-state index contributed by atoms with van der Waals surface area (Å²) >= 11 is 0. The van der Waals surface area contributed by atoms with Crippen LogP contribution in [0.4, 0.5) is 0 Å². The first kappa shape index (κ1) is 12.8. The van der Waals surface area contributed by atoms with Crippen molar-refractivity contribution in [2.75, 3.05) is 13.2 Å². The minimum absolute atomic E-state index is 0.258. The molecule has 0 spiro atoms. The summed E-state index contributed by atoms with van der Waals surface area (Å²) in [4.78, 5) is 12.1. The fraction of sp³-hybridized carbons (Fsp3) is 0.562. The van der Waals surface area contributed by atoms with E-state index in [1.807, 2.05) is 0 Å². The molecule has 102 valence electrons. The van der Waals surface area contributed by atoms with E-state index in [1.54, 1.807) is 0 Å². The van der Waals surface area contributed by atoms with Crippen LogP contribution in [0.1, 0.15) is 42.7 Å². The molecular weight excluding hydrogens is 240 g/mol. The number of hydrogen-bond acceptors (Lipinski definition) is 3. The van der Waals surface area contributed by atoms with Gasteiger partial charge in [0.05, 0.1) is 19.6 Å². The molecule has 1 unspecified atom stereocenters. The molecule has 3 rings (SSSR count). The van der Waals surface area contributed by atoms with E-state index in [9.17, 15) is 4.79 Å². The average Bonchev–Trinajstić information content (AvgIpc) is 2.92. The van der Waals surface area contributed by atoms with Crippen LogP contribution in [0.25, 0.3) is 0 Å². The van der Waals surface area contributed by atoms with Gasteiger partial charge in [-0.05, 0) is 36.3 Å². The van der Waals surface area contributed by atoms with Crippen LogP contribution in [-0.2, 0) is 20.7 Å². The molecule has 1 atom stereocenters. The Labute approximate surface area is 113 Å². The van der Waals surface area contributed by atoms with Crippen molar-refractivity contribution in [1.82, 2.24) is 0 Å². The van der Waals surface area contributed by atoms with E-state index in [4.69, 9.17) is 9.47 Å². The predicted octanol–water partition coefficient (Wildman–Crippen LogP) is 2.83. The summed E-state index contributed by atoms with van der Waals surface area (Å²) in [5.74, 6) is 0.646. The number of fused-ring (bicyclic) bond motifs is 1. The molecule has 1 heterocycles. The lowest BCUT2D eigenvalue weighted by molar-refractivity contribution is -0.127. The quantitative estimate of drug-likeness (QED) is 0.835. The first-order valence-electron chi connectivity index (χ1n) is 7.15. The molecule has 3 nitrogen and oxygen atoms in total. The SMILES string of the molecule is O=C(CC1OCCO1)CC1CCCc2ccccc21. The summed E-state index contributed by atoms with van der Waals surface area (Å²) in [5.41, 5.74) is 2.79. The number of ketones is 1. The highest BCUT2D eigenvalue weighted by Gasteiger charge is 2.25. The molecule has 1 aromatic carbocycles. The van der Waals surface area contributed by atoms with Crippen molar-refractivity contribution in [3.63, 3.8) is 0 Å². The highest BCUT2D eigenvalue weighted by atomic mass is 16.7. The lowest BCUT2D eigenvalue weighted by atomic mass is 9.80. The van der Waals surface area contributed by atoms with Gasteiger partial charge in [0.25, 0.3) is 0 Å². The van der Waals surface area contributed by atoms with Crippen molar-refractivity contribution < 1.29 is 14.3 Å². The molecule has 0 radical (unpaired) electrons. The Morgan fingerprint density at radius 2 is 1.95 bits per heavy atom. The number of Topliss-reactive ketones (excluding diaryl/α,β-unsaturated/α-hetero) is 1. The third kappa shape index (κ3) is 3.04. The van der Waals surface area contributed by atoms with Gasteiger partial charge >= 0.3 is 0 Å². The maximum atomic E-state index is 12.1. The second-order valence-corrected chi connectivity index (χ2v) is 5.41. The number of rotatable bonds is 4. The monoisotopic (exact) mass is 260 g/mol. The number of aryl methyl sites for hydroxylation is 1. The van der Waals surface area contributed by atoms with E-state index >= 15 is 0 Å². The van der Waals surface area contributed by atoms with Crippen LogP contribution < -0.4 is 0 Å². The summed E-state index contributed by atoms with van der Waals surface area (Å²) in [7, 11) is 0. The summed E-state index contributed by atoms with van der Waals surface area (Å²) in [5, 5.41) is 0. The average molecular weight is 260 g/mol. The zero-order valence-corrected chi connectivity index (χ0v) is 11.1. The lowest BCUT2D eigenvalue weighted by Gasteiger charge is -2.25. The maximum absolute atomic E-state index is 12.1. The van der Waals surface area contributed by atoms with Crippen molar-refractivity contribution in [3.8, 4) is 0 Å². The fourth-order valence-corrected chi connectivity index (χ4v) is 3.14. The normalized spacial score (nSPS) is 23.3. The van der Waals surface area contributed by atoms with E-state index in [0.29, 0.717) is 32.0 Å². The Hall–Kier alpha value is -1.19. The van der Waals surface area contributed by atoms with Gasteiger partial charge in [-0.15, -0.1) is 0 Å². The van der Waals surface area contributed by atoms with E-state index in [-0.39, 0.29) is 12.1 Å². The number of benzene rings is 1. The smallest absolute Gasteiger partial charge is 0.164 e. The minimum atomic E-state index is -0.300. The van der Waals surface area contributed by atoms with Crippen molar-refractivity contribution in [3.05, 3.63) is 35.4 Å². The molecular formula is C16H20O3. The van der Waals surface area contributed by atoms with E-state index < -0.39 is 0 Å². The standard InChI is InChI=1S/C16H20O3/c17-14(11-16-18-8-9-19-16)10-13-6-3-5-12-4-1-2-7-15(12)13/h1-2,4,7,13,16H,3,5-6,8-11H2. The Morgan fingerprint density at radius 3 is 2.79 bits per heavy atom. The molecule has 1 aromatic rings. The van der Waals surface area contributed by atoms with Gasteiger partial charge in [-0.25, -0.2) is 0 Å². The maximum Gasteiger partial charge on any atom is 0.164 e. The first-order chi connectivity index (χ1) is 9.33. The molecule has 0 aromatic heterocycles. The summed E-state index contributed by atoms with van der Waals surface area (Å²) in [6.45, 7) is 1.23. The molecule has 0 amide bonds. The third-order valence-electron chi connectivity index (χ3n) is 4.05. The highest BCUT2D eigenvalue weighted by Crippen LogP contribution is 2.34. The molecule has 2 aliphatic rings. The molecule has 0 bridgehead atoms. The van der Waals surface area contributed by atoms with E-state index in [0.717, 1.165) is 12.8 Å². The van der Waals surface area contributed by atoms with Crippen LogP contribution in [0.2, 0.25) is 0 Å². The third-order valence-corrected chi connectivity index (χ3v) is 4.05. The van der Waals surface area contributed by atoms with E-state index in [1.165, 1.54) is 17.5 Å². The lowest BCUT2D eigenvalue weighted by Crippen LogP contribution is -2.18. The fourth-order valence-electron chi connectivity index (χ4n) is 3.14. The van der Waals surface area contributed by atoms with Gasteiger partial charge in [-0.3, -0.25) is 4.79 Å². The molecule has 1 saturated heterocycles. The van der Waals surface area contributed by atoms with Crippen molar-refractivity contribution in [2.24, 2.45) is 0 Å². The van der Waals surface area contributed by atoms with Crippen LogP contribution in [0, 0.1) is 0 Å². The predicted molar refractivity (Wildman–Crippen MR) is 72.1 cm³/mol. The molecule has 1 fully saturated rings. The van der Waals surface area contributed by atoms with E-state index in [2.05, 4.69) is 24.3 Å². The summed E-state index contributed by atoms with van der Waals surface area (Å²) in [6.07, 6.45) is 4.18. The molecule has 1 aliphatic heterocycles. The van der Waals surface area contributed by atoms with Crippen LogP contribution in [-0.4, -0.2) is 25.3 Å². The van der Waals surface area contributed by atoms with Gasteiger partial charge in [-0.1, -0.05) is 24.3 Å². The van der Waals surface area contributed by atoms with Gasteiger partial charge in [-0.2, -0.15) is 0 Å². The van der Waals surface area contributed by atoms with Gasteiger partial charge in [0.15, 0.2) is 6.29 Å². The molecule has 1 aliphatic carbocycles. The molecule has 3 heteroatoms. The second-order valence-electron chi connectivity index (χ2n) is 5.41. The molecule has 0 saturated carbocycles. The van der Waals surface area contributed by atoms with Crippen molar-refractivity contribution in [2.45, 2.75) is 44.3 Å². The Morgan fingerprint density at radius 1 is 1.16 bits per heavy atom. The zero-order chi connectivity index (χ0) is 13.1. The zero-order valence-electron chi connectivity index (χ0n) is 11.1. The number of ether oxygens (including phenoxy) is 2. The largest absolute Gasteiger partial charge is 0.350 e. The molecule has 19 heavy (non-hydrogen) atoms. The van der Waals surface area contributed by atoms with Gasteiger partial charge < -0.3 is 9.47 Å². The topological polar surface area (TPSA) is 35.5 Å². The van der Waals surface area contributed by atoms with Crippen molar-refractivity contribution >= 4 is 5.78 Å². The second kappa shape index (κ2) is 5.85. The van der Waals surface area contributed by atoms with Crippen LogP contribution in [0.5, 0.6) is 0 Å².